The molecule has 0 radical (unpaired) electrons. The molecule has 2 aromatic carbocycles. The fraction of sp³-hybridized carbons (Fsp3) is 0.0455. The number of aromatic nitrogens is 1. The van der Waals surface area contributed by atoms with Gasteiger partial charge >= 0.3 is 0 Å². The molecule has 0 atom stereocenters. The summed E-state index contributed by atoms with van der Waals surface area (Å²) in [7, 11) is 0. The molecule has 1 amide bonds. The van der Waals surface area contributed by atoms with Gasteiger partial charge in [-0.3, -0.25) is 4.79 Å². The number of pyridine rings is 1. The van der Waals surface area contributed by atoms with Crippen molar-refractivity contribution in [2.45, 2.75) is 10.6 Å². The number of carbonyl (C=O) groups is 1. The number of hydrogen-bond acceptors (Lipinski definition) is 7. The van der Waals surface area contributed by atoms with Gasteiger partial charge in [-0.25, -0.2) is 4.98 Å². The highest BCUT2D eigenvalue weighted by Gasteiger charge is 2.20. The highest BCUT2D eigenvalue weighted by Crippen LogP contribution is 2.36. The lowest BCUT2D eigenvalue weighted by atomic mass is 10.2. The lowest BCUT2D eigenvalue weighted by molar-refractivity contribution is 0.103. The fourth-order valence-corrected chi connectivity index (χ4v) is 5.35. The molecule has 0 saturated carbocycles. The number of fused-ring (bicyclic) bond motifs is 1. The summed E-state index contributed by atoms with van der Waals surface area (Å²) < 4.78 is 1.03. The van der Waals surface area contributed by atoms with Crippen LogP contribution in [0.3, 0.4) is 0 Å². The Morgan fingerprint density at radius 3 is 2.77 bits per heavy atom. The summed E-state index contributed by atoms with van der Waals surface area (Å²) in [6, 6.07) is 19.3. The minimum absolute atomic E-state index is 0.123. The van der Waals surface area contributed by atoms with Crippen molar-refractivity contribution >= 4 is 72.3 Å². The highest BCUT2D eigenvalue weighted by molar-refractivity contribution is 9.10. The largest absolute Gasteiger partial charge is 0.397 e. The van der Waals surface area contributed by atoms with Crippen LogP contribution in [0.1, 0.15) is 20.8 Å². The van der Waals surface area contributed by atoms with E-state index in [1.54, 1.807) is 17.8 Å². The van der Waals surface area contributed by atoms with Gasteiger partial charge in [0, 0.05) is 20.5 Å². The Morgan fingerprint density at radius 2 is 2.00 bits per heavy atom. The molecule has 0 aliphatic heterocycles. The van der Waals surface area contributed by atoms with E-state index in [4.69, 9.17) is 16.7 Å². The third-order valence-corrected chi connectivity index (χ3v) is 7.25. The summed E-state index contributed by atoms with van der Waals surface area (Å²) in [5.74, 6) is 0.558. The molecule has 4 aromatic rings. The summed E-state index contributed by atoms with van der Waals surface area (Å²) >= 11 is 6.27. The first-order chi connectivity index (χ1) is 15.0. The number of para-hydroxylation sites is 1. The molecule has 0 aliphatic rings. The lowest BCUT2D eigenvalue weighted by Gasteiger charge is -2.11. The SMILES string of the molecule is N#Cc1cc2c(N)c(C(=O)Nc3ccccc3SCc3cccc(Br)c3)sc2nc1N. The van der Waals surface area contributed by atoms with Crippen molar-refractivity contribution in [3.05, 3.63) is 75.1 Å². The Balaban J connectivity index is 1.58. The summed E-state index contributed by atoms with van der Waals surface area (Å²) in [5, 5.41) is 12.7. The standard InChI is InChI=1S/C22H16BrN5OS2/c23-14-5-3-4-12(8-14)11-30-17-7-2-1-6-16(17)27-21(29)19-18(25)15-9-13(10-24)20(26)28-22(15)31-19/h1-9H,11,25H2,(H2,26,28)(H,27,29). The summed E-state index contributed by atoms with van der Waals surface area (Å²) in [6.45, 7) is 0. The van der Waals surface area contributed by atoms with E-state index in [1.807, 2.05) is 42.5 Å². The number of nitrogens with zero attached hydrogens (tertiary/aromatic N) is 2. The van der Waals surface area contributed by atoms with Gasteiger partial charge < -0.3 is 16.8 Å². The Kier molecular flexibility index (Phi) is 6.13. The van der Waals surface area contributed by atoms with Gasteiger partial charge in [-0.2, -0.15) is 5.26 Å². The molecule has 9 heteroatoms. The molecule has 0 bridgehead atoms. The van der Waals surface area contributed by atoms with Crippen LogP contribution >= 0.6 is 39.0 Å². The van der Waals surface area contributed by atoms with Gasteiger partial charge in [0.25, 0.3) is 5.91 Å². The highest BCUT2D eigenvalue weighted by atomic mass is 79.9. The van der Waals surface area contributed by atoms with E-state index in [-0.39, 0.29) is 17.3 Å². The topological polar surface area (TPSA) is 118 Å². The number of rotatable bonds is 5. The minimum atomic E-state index is -0.326. The van der Waals surface area contributed by atoms with Crippen LogP contribution < -0.4 is 16.8 Å². The zero-order valence-corrected chi connectivity index (χ0v) is 19.3. The molecule has 0 aliphatic carbocycles. The van der Waals surface area contributed by atoms with E-state index >= 15 is 0 Å². The Hall–Kier alpha value is -3.06. The Morgan fingerprint density at radius 1 is 1.19 bits per heavy atom. The maximum Gasteiger partial charge on any atom is 0.267 e. The van der Waals surface area contributed by atoms with Crippen molar-refractivity contribution in [3.63, 3.8) is 0 Å². The third-order valence-electron chi connectivity index (χ3n) is 4.50. The van der Waals surface area contributed by atoms with E-state index in [9.17, 15) is 4.79 Å². The molecule has 5 N–H and O–H groups in total. The van der Waals surface area contributed by atoms with Crippen LogP contribution in [0.5, 0.6) is 0 Å². The monoisotopic (exact) mass is 509 g/mol. The van der Waals surface area contributed by atoms with Crippen molar-refractivity contribution in [1.82, 2.24) is 4.98 Å². The number of nitriles is 1. The molecule has 6 nitrogen and oxygen atoms in total. The number of nitrogen functional groups attached to an aromatic ring is 2. The van der Waals surface area contributed by atoms with Crippen LogP contribution in [0.2, 0.25) is 0 Å². The van der Waals surface area contributed by atoms with Gasteiger partial charge in [-0.15, -0.1) is 23.1 Å². The van der Waals surface area contributed by atoms with Crippen LogP contribution in [-0.4, -0.2) is 10.9 Å². The number of benzene rings is 2. The summed E-state index contributed by atoms with van der Waals surface area (Å²) in [5.41, 5.74) is 14.4. The number of nitrogens with one attached hydrogen (secondary N) is 1. The molecule has 0 saturated heterocycles. The second kappa shape index (κ2) is 8.98. The Bertz CT molecular complexity index is 1350. The maximum atomic E-state index is 13.0. The number of thioether (sulfide) groups is 1. The number of halogens is 1. The number of carbonyl (C=O) groups excluding carboxylic acids is 1. The first-order valence-corrected chi connectivity index (χ1v) is 11.7. The van der Waals surface area contributed by atoms with Gasteiger partial charge in [-0.1, -0.05) is 40.2 Å². The molecule has 31 heavy (non-hydrogen) atoms. The number of thiophene rings is 1. The smallest absolute Gasteiger partial charge is 0.267 e. The van der Waals surface area contributed by atoms with Crippen molar-refractivity contribution in [2.24, 2.45) is 0 Å². The molecule has 0 fully saturated rings. The Labute approximate surface area is 195 Å². The number of amides is 1. The molecule has 2 aromatic heterocycles. The average molecular weight is 510 g/mol. The van der Waals surface area contributed by atoms with E-state index < -0.39 is 0 Å². The van der Waals surface area contributed by atoms with Crippen molar-refractivity contribution in [3.8, 4) is 6.07 Å². The molecule has 154 valence electrons. The first-order valence-electron chi connectivity index (χ1n) is 9.12. The first kappa shape index (κ1) is 21.2. The molecule has 2 heterocycles. The van der Waals surface area contributed by atoms with Crippen molar-refractivity contribution in [1.29, 1.82) is 5.26 Å². The molecule has 4 rings (SSSR count). The van der Waals surface area contributed by atoms with Gasteiger partial charge in [0.15, 0.2) is 0 Å². The van der Waals surface area contributed by atoms with Crippen molar-refractivity contribution in [2.75, 3.05) is 16.8 Å². The van der Waals surface area contributed by atoms with Crippen molar-refractivity contribution < 1.29 is 4.79 Å². The molecule has 0 spiro atoms. The second-order valence-corrected chi connectivity index (χ2v) is 9.53. The predicted molar refractivity (Wildman–Crippen MR) is 131 cm³/mol. The zero-order valence-electron chi connectivity index (χ0n) is 16.1. The lowest BCUT2D eigenvalue weighted by Crippen LogP contribution is -2.12. The van der Waals surface area contributed by atoms with Crippen LogP contribution in [0, 0.1) is 11.3 Å². The van der Waals surface area contributed by atoms with Gasteiger partial charge in [0.2, 0.25) is 0 Å². The number of anilines is 3. The quantitative estimate of drug-likeness (QED) is 0.299. The van der Waals surface area contributed by atoms with E-state index in [1.165, 1.54) is 5.56 Å². The summed E-state index contributed by atoms with van der Waals surface area (Å²) in [4.78, 5) is 19.0. The molecular formula is C22H16BrN5OS2. The average Bonchev–Trinajstić information content (AvgIpc) is 3.08. The van der Waals surface area contributed by atoms with Gasteiger partial charge in [0.05, 0.1) is 16.9 Å². The van der Waals surface area contributed by atoms with Crippen LogP contribution in [0.25, 0.3) is 10.2 Å². The maximum absolute atomic E-state index is 13.0. The van der Waals surface area contributed by atoms with E-state index in [0.717, 1.165) is 26.5 Å². The van der Waals surface area contributed by atoms with E-state index in [2.05, 4.69) is 38.4 Å². The third kappa shape index (κ3) is 4.51. The minimum Gasteiger partial charge on any atom is -0.397 e. The summed E-state index contributed by atoms with van der Waals surface area (Å²) in [6.07, 6.45) is 0. The molecule has 0 unspecified atom stereocenters. The molecular weight excluding hydrogens is 494 g/mol. The fourth-order valence-electron chi connectivity index (χ4n) is 2.98. The van der Waals surface area contributed by atoms with Gasteiger partial charge in [0.1, 0.15) is 21.6 Å². The van der Waals surface area contributed by atoms with Crippen LogP contribution in [0.4, 0.5) is 17.2 Å². The predicted octanol–water partition coefficient (Wildman–Crippen LogP) is 5.64. The van der Waals surface area contributed by atoms with Crippen LogP contribution in [0.15, 0.2) is 64.0 Å². The number of hydrogen-bond donors (Lipinski definition) is 3. The normalized spacial score (nSPS) is 10.7. The van der Waals surface area contributed by atoms with Gasteiger partial charge in [-0.05, 0) is 35.9 Å². The van der Waals surface area contributed by atoms with E-state index in [0.29, 0.717) is 26.5 Å². The number of nitrogens with two attached hydrogens (primary N) is 2. The zero-order chi connectivity index (χ0) is 22.0. The van der Waals surface area contributed by atoms with Crippen LogP contribution in [-0.2, 0) is 5.75 Å². The second-order valence-electron chi connectivity index (χ2n) is 6.60.